The molecule has 0 bridgehead atoms. The molecule has 3 rings (SSSR count). The Bertz CT molecular complexity index is 1220. The summed E-state index contributed by atoms with van der Waals surface area (Å²) < 4.78 is 17.4. The van der Waals surface area contributed by atoms with Crippen molar-refractivity contribution >= 4 is 34.0 Å². The molecule has 0 aliphatic rings. The summed E-state index contributed by atoms with van der Waals surface area (Å²) in [5, 5.41) is 3.98. The van der Waals surface area contributed by atoms with E-state index in [-0.39, 0.29) is 24.2 Å². The second-order valence-electron chi connectivity index (χ2n) is 8.08. The van der Waals surface area contributed by atoms with E-state index in [9.17, 15) is 9.59 Å². The van der Waals surface area contributed by atoms with Gasteiger partial charge in [-0.15, -0.1) is 0 Å². The molecule has 0 atom stereocenters. The normalized spacial score (nSPS) is 10.9. The van der Waals surface area contributed by atoms with Crippen molar-refractivity contribution in [3.8, 4) is 17.2 Å². The molecule has 8 heteroatoms. The van der Waals surface area contributed by atoms with Crippen molar-refractivity contribution in [3.63, 3.8) is 0 Å². The highest BCUT2D eigenvalue weighted by Gasteiger charge is 2.13. The first-order valence-electron chi connectivity index (χ1n) is 11.0. The van der Waals surface area contributed by atoms with E-state index in [0.29, 0.717) is 22.6 Å². The van der Waals surface area contributed by atoms with Crippen LogP contribution < -0.4 is 19.6 Å². The Morgan fingerprint density at radius 1 is 1.00 bits per heavy atom. The summed E-state index contributed by atoms with van der Waals surface area (Å²) in [6.45, 7) is 5.96. The molecule has 35 heavy (non-hydrogen) atoms. The number of carbonyl (C=O) groups is 2. The minimum Gasteiger partial charge on any atom is -0.493 e. The Morgan fingerprint density at radius 3 is 2.43 bits per heavy atom. The number of esters is 1. The van der Waals surface area contributed by atoms with Gasteiger partial charge >= 0.3 is 5.97 Å². The predicted molar refractivity (Wildman–Crippen MR) is 139 cm³/mol. The molecule has 0 aromatic heterocycles. The van der Waals surface area contributed by atoms with Gasteiger partial charge in [0, 0.05) is 4.47 Å². The van der Waals surface area contributed by atoms with Gasteiger partial charge in [-0.05, 0) is 78.1 Å². The zero-order valence-corrected chi connectivity index (χ0v) is 21.6. The summed E-state index contributed by atoms with van der Waals surface area (Å²) in [4.78, 5) is 24.6. The third kappa shape index (κ3) is 7.42. The quantitative estimate of drug-likeness (QED) is 0.165. The van der Waals surface area contributed by atoms with Gasteiger partial charge in [-0.25, -0.2) is 10.2 Å². The van der Waals surface area contributed by atoms with E-state index in [1.807, 2.05) is 25.1 Å². The van der Waals surface area contributed by atoms with Gasteiger partial charge in [-0.1, -0.05) is 41.9 Å². The van der Waals surface area contributed by atoms with E-state index in [4.69, 9.17) is 14.2 Å². The fraction of sp³-hybridized carbons (Fsp3) is 0.222. The average Bonchev–Trinajstić information content (AvgIpc) is 2.83. The summed E-state index contributed by atoms with van der Waals surface area (Å²) in [7, 11) is 1.48. The Morgan fingerprint density at radius 2 is 1.74 bits per heavy atom. The number of rotatable bonds is 9. The molecular formula is C27H27BrN2O5. The van der Waals surface area contributed by atoms with E-state index in [1.54, 1.807) is 42.5 Å². The van der Waals surface area contributed by atoms with Crippen LogP contribution >= 0.6 is 15.9 Å². The van der Waals surface area contributed by atoms with Crippen LogP contribution in [-0.2, 0) is 4.79 Å². The molecule has 0 saturated heterocycles. The zero-order valence-electron chi connectivity index (χ0n) is 20.0. The molecule has 0 saturated carbocycles. The van der Waals surface area contributed by atoms with Gasteiger partial charge in [0.05, 0.1) is 18.9 Å². The van der Waals surface area contributed by atoms with E-state index < -0.39 is 5.97 Å². The summed E-state index contributed by atoms with van der Waals surface area (Å²) in [6, 6.07) is 17.7. The Hall–Kier alpha value is -3.65. The molecule has 0 unspecified atom stereocenters. The number of nitrogens with zero attached hydrogens (tertiary/aromatic N) is 1. The molecule has 3 aromatic carbocycles. The minimum atomic E-state index is -0.501. The number of amides is 1. The summed E-state index contributed by atoms with van der Waals surface area (Å²) >= 11 is 3.33. The zero-order chi connectivity index (χ0) is 25.4. The van der Waals surface area contributed by atoms with Crippen LogP contribution in [0.4, 0.5) is 0 Å². The number of aryl methyl sites for hydroxylation is 1. The Labute approximate surface area is 213 Å². The molecule has 0 heterocycles. The maximum absolute atomic E-state index is 12.4. The molecule has 182 valence electrons. The summed E-state index contributed by atoms with van der Waals surface area (Å²) in [5.41, 5.74) is 5.61. The van der Waals surface area contributed by atoms with Gasteiger partial charge in [0.15, 0.2) is 18.1 Å². The highest BCUT2D eigenvalue weighted by atomic mass is 79.9. The van der Waals surface area contributed by atoms with Crippen LogP contribution in [0, 0.1) is 6.92 Å². The van der Waals surface area contributed by atoms with Crippen molar-refractivity contribution in [3.05, 3.63) is 87.4 Å². The smallest absolute Gasteiger partial charge is 0.343 e. The van der Waals surface area contributed by atoms with Crippen LogP contribution in [0.1, 0.15) is 46.8 Å². The number of hydrazone groups is 1. The van der Waals surface area contributed by atoms with Crippen molar-refractivity contribution < 1.29 is 23.8 Å². The molecule has 3 aromatic rings. The van der Waals surface area contributed by atoms with Crippen LogP contribution in [0.25, 0.3) is 0 Å². The maximum atomic E-state index is 12.4. The van der Waals surface area contributed by atoms with E-state index in [1.165, 1.54) is 13.3 Å². The monoisotopic (exact) mass is 538 g/mol. The number of nitrogens with one attached hydrogen (secondary N) is 1. The highest BCUT2D eigenvalue weighted by molar-refractivity contribution is 9.10. The molecule has 0 spiro atoms. The van der Waals surface area contributed by atoms with Gasteiger partial charge in [0.2, 0.25) is 0 Å². The lowest BCUT2D eigenvalue weighted by molar-refractivity contribution is -0.123. The van der Waals surface area contributed by atoms with E-state index in [0.717, 1.165) is 15.6 Å². The topological polar surface area (TPSA) is 86.2 Å². The van der Waals surface area contributed by atoms with Crippen LogP contribution in [-0.4, -0.2) is 31.8 Å². The van der Waals surface area contributed by atoms with Gasteiger partial charge < -0.3 is 14.2 Å². The fourth-order valence-corrected chi connectivity index (χ4v) is 3.46. The summed E-state index contributed by atoms with van der Waals surface area (Å²) in [6.07, 6.45) is 1.47. The minimum absolute atomic E-state index is 0.158. The largest absolute Gasteiger partial charge is 0.493 e. The van der Waals surface area contributed by atoms with E-state index >= 15 is 0 Å². The first-order chi connectivity index (χ1) is 16.8. The molecule has 1 N–H and O–H groups in total. The Balaban J connectivity index is 1.58. The van der Waals surface area contributed by atoms with Crippen molar-refractivity contribution in [2.24, 2.45) is 5.10 Å². The third-order valence-corrected chi connectivity index (χ3v) is 5.55. The third-order valence-electron chi connectivity index (χ3n) is 5.02. The predicted octanol–water partition coefficient (Wildman–Crippen LogP) is 5.64. The molecule has 0 radical (unpaired) electrons. The first kappa shape index (κ1) is 26.0. The fourth-order valence-electron chi connectivity index (χ4n) is 3.19. The van der Waals surface area contributed by atoms with E-state index in [2.05, 4.69) is 40.3 Å². The van der Waals surface area contributed by atoms with Gasteiger partial charge in [-0.3, -0.25) is 4.79 Å². The number of ether oxygens (including phenoxy) is 3. The molecule has 7 nitrogen and oxygen atoms in total. The summed E-state index contributed by atoms with van der Waals surface area (Å²) in [5.74, 6) is 0.711. The second kappa shape index (κ2) is 12.2. The lowest BCUT2D eigenvalue weighted by Crippen LogP contribution is -2.25. The number of benzene rings is 3. The Kier molecular flexibility index (Phi) is 9.03. The average molecular weight is 539 g/mol. The molecular weight excluding hydrogens is 512 g/mol. The molecule has 0 aliphatic heterocycles. The van der Waals surface area contributed by atoms with Gasteiger partial charge in [0.1, 0.15) is 5.75 Å². The van der Waals surface area contributed by atoms with Crippen molar-refractivity contribution in [2.45, 2.75) is 26.7 Å². The van der Waals surface area contributed by atoms with Crippen LogP contribution in [0.2, 0.25) is 0 Å². The van der Waals surface area contributed by atoms with Crippen molar-refractivity contribution in [2.75, 3.05) is 13.7 Å². The lowest BCUT2D eigenvalue weighted by atomic mass is 10.0. The van der Waals surface area contributed by atoms with Crippen molar-refractivity contribution in [1.82, 2.24) is 5.43 Å². The molecule has 0 aliphatic carbocycles. The molecule has 0 fully saturated rings. The van der Waals surface area contributed by atoms with Gasteiger partial charge in [-0.2, -0.15) is 5.10 Å². The molecule has 1 amide bonds. The van der Waals surface area contributed by atoms with Crippen LogP contribution in [0.5, 0.6) is 17.2 Å². The lowest BCUT2D eigenvalue weighted by Gasteiger charge is -2.14. The highest BCUT2D eigenvalue weighted by Crippen LogP contribution is 2.29. The number of hydrogen-bond donors (Lipinski definition) is 1. The SMILES string of the molecule is COc1cc(/C=N/NC(=O)COc2cc(C)ccc2C(C)C)ccc1OC(=O)c1ccc(Br)cc1. The van der Waals surface area contributed by atoms with Crippen molar-refractivity contribution in [1.29, 1.82) is 0 Å². The number of halogens is 1. The number of methoxy groups -OCH3 is 1. The second-order valence-corrected chi connectivity index (χ2v) is 9.00. The number of carbonyl (C=O) groups excluding carboxylic acids is 2. The van der Waals surface area contributed by atoms with Crippen LogP contribution in [0.15, 0.2) is 70.2 Å². The van der Waals surface area contributed by atoms with Crippen LogP contribution in [0.3, 0.4) is 0 Å². The first-order valence-corrected chi connectivity index (χ1v) is 11.8. The van der Waals surface area contributed by atoms with Gasteiger partial charge in [0.25, 0.3) is 5.91 Å². The number of hydrogen-bond acceptors (Lipinski definition) is 6. The maximum Gasteiger partial charge on any atom is 0.343 e. The standard InChI is InChI=1S/C27H27BrN2O5/c1-17(2)22-11-5-18(3)13-24(22)34-16-26(31)30-29-15-19-6-12-23(25(14-19)33-4)35-27(32)20-7-9-21(28)10-8-20/h5-15,17H,16H2,1-4H3,(H,30,31)/b29-15+.